The van der Waals surface area contributed by atoms with Gasteiger partial charge in [0.1, 0.15) is 0 Å². The summed E-state index contributed by atoms with van der Waals surface area (Å²) in [4.78, 5) is 12.9. The maximum atomic E-state index is 12.9. The summed E-state index contributed by atoms with van der Waals surface area (Å²) in [6.07, 6.45) is 1.79. The van der Waals surface area contributed by atoms with Crippen molar-refractivity contribution < 1.29 is 14.3 Å². The van der Waals surface area contributed by atoms with E-state index in [9.17, 15) is 4.79 Å². The molecule has 0 atom stereocenters. The number of benzene rings is 2. The number of carbonyl (C=O) groups excluding carboxylic acids is 1. The number of amides is 1. The van der Waals surface area contributed by atoms with Gasteiger partial charge in [0.25, 0.3) is 5.91 Å². The molecule has 0 unspecified atom stereocenters. The minimum Gasteiger partial charge on any atom is -0.493 e. The summed E-state index contributed by atoms with van der Waals surface area (Å²) in [7, 11) is 1.60. The lowest BCUT2D eigenvalue weighted by molar-refractivity contribution is -0.114. The van der Waals surface area contributed by atoms with Gasteiger partial charge in [-0.15, -0.1) is 0 Å². The molecule has 1 aliphatic rings. The summed E-state index contributed by atoms with van der Waals surface area (Å²) < 4.78 is 11.3. The van der Waals surface area contributed by atoms with Gasteiger partial charge in [-0.1, -0.05) is 30.3 Å². The topological polar surface area (TPSA) is 51.1 Å². The Morgan fingerprint density at radius 1 is 1.08 bits per heavy atom. The van der Waals surface area contributed by atoms with Crippen molar-refractivity contribution in [3.8, 4) is 11.5 Å². The molecular weight excluding hydrogens is 328 g/mol. The average molecular weight is 350 g/mol. The summed E-state index contributed by atoms with van der Waals surface area (Å²) in [5.74, 6) is 1.09. The van der Waals surface area contributed by atoms with Gasteiger partial charge < -0.3 is 9.47 Å². The molecule has 134 valence electrons. The highest BCUT2D eigenvalue weighted by atomic mass is 16.5. The van der Waals surface area contributed by atoms with E-state index in [0.29, 0.717) is 22.8 Å². The van der Waals surface area contributed by atoms with Crippen LogP contribution >= 0.6 is 0 Å². The van der Waals surface area contributed by atoms with Crippen LogP contribution in [0.1, 0.15) is 26.3 Å². The van der Waals surface area contributed by atoms with E-state index in [-0.39, 0.29) is 12.0 Å². The lowest BCUT2D eigenvalue weighted by Crippen LogP contribution is -2.21. The van der Waals surface area contributed by atoms with E-state index in [1.165, 1.54) is 5.01 Å². The molecule has 0 N–H and O–H groups in total. The van der Waals surface area contributed by atoms with Gasteiger partial charge in [0, 0.05) is 5.56 Å². The molecule has 0 fully saturated rings. The highest BCUT2D eigenvalue weighted by Crippen LogP contribution is 2.34. The first-order chi connectivity index (χ1) is 12.5. The Labute approximate surface area is 153 Å². The zero-order valence-corrected chi connectivity index (χ0v) is 15.4. The molecule has 1 amide bonds. The van der Waals surface area contributed by atoms with Crippen LogP contribution in [0.25, 0.3) is 6.08 Å². The zero-order valence-electron chi connectivity index (χ0n) is 15.4. The van der Waals surface area contributed by atoms with Crippen LogP contribution in [0.3, 0.4) is 0 Å². The molecule has 0 radical (unpaired) electrons. The van der Waals surface area contributed by atoms with E-state index in [2.05, 4.69) is 5.10 Å². The number of anilines is 1. The quantitative estimate of drug-likeness (QED) is 0.756. The van der Waals surface area contributed by atoms with Crippen LogP contribution in [-0.2, 0) is 4.79 Å². The monoisotopic (exact) mass is 350 g/mol. The van der Waals surface area contributed by atoms with Crippen molar-refractivity contribution in [3.63, 3.8) is 0 Å². The molecule has 0 bridgehead atoms. The molecule has 2 aromatic rings. The fraction of sp³-hybridized carbons (Fsp3) is 0.238. The van der Waals surface area contributed by atoms with Crippen LogP contribution in [0.2, 0.25) is 0 Å². The predicted octanol–water partition coefficient (Wildman–Crippen LogP) is 4.29. The van der Waals surface area contributed by atoms with E-state index in [1.807, 2.05) is 75.4 Å². The molecule has 0 saturated carbocycles. The molecule has 0 saturated heterocycles. The number of rotatable bonds is 5. The van der Waals surface area contributed by atoms with Gasteiger partial charge in [0.15, 0.2) is 11.5 Å². The van der Waals surface area contributed by atoms with Gasteiger partial charge in [-0.2, -0.15) is 10.1 Å². The Kier molecular flexibility index (Phi) is 5.07. The molecule has 3 rings (SSSR count). The number of hydrogen-bond donors (Lipinski definition) is 0. The van der Waals surface area contributed by atoms with Crippen LogP contribution < -0.4 is 14.5 Å². The molecule has 5 nitrogen and oxygen atoms in total. The molecule has 5 heteroatoms. The first kappa shape index (κ1) is 17.7. The molecule has 1 heterocycles. The number of para-hydroxylation sites is 2. The van der Waals surface area contributed by atoms with Crippen LogP contribution in [0.4, 0.5) is 5.69 Å². The molecule has 1 aliphatic heterocycles. The summed E-state index contributed by atoms with van der Waals surface area (Å²) in [6, 6.07) is 15.0. The van der Waals surface area contributed by atoms with Gasteiger partial charge in [-0.05, 0) is 45.0 Å². The average Bonchev–Trinajstić information content (AvgIpc) is 2.91. The first-order valence-electron chi connectivity index (χ1n) is 8.51. The Morgan fingerprint density at radius 2 is 1.81 bits per heavy atom. The SMILES string of the molecule is COc1cccc(/C=C2/C(=O)N(c3ccccc3)N=C2C)c1OC(C)C. The maximum Gasteiger partial charge on any atom is 0.280 e. The Bertz CT molecular complexity index is 870. The molecule has 26 heavy (non-hydrogen) atoms. The van der Waals surface area contributed by atoms with Crippen molar-refractivity contribution in [2.24, 2.45) is 5.10 Å². The normalized spacial score (nSPS) is 15.6. The minimum atomic E-state index is -0.160. The van der Waals surface area contributed by atoms with Crippen LogP contribution in [-0.4, -0.2) is 24.8 Å². The van der Waals surface area contributed by atoms with Crippen molar-refractivity contribution in [2.75, 3.05) is 12.1 Å². The van der Waals surface area contributed by atoms with E-state index in [4.69, 9.17) is 9.47 Å². The summed E-state index contributed by atoms with van der Waals surface area (Å²) in [5.41, 5.74) is 2.73. The number of ether oxygens (including phenoxy) is 2. The van der Waals surface area contributed by atoms with Crippen LogP contribution in [0.15, 0.2) is 59.2 Å². The summed E-state index contributed by atoms with van der Waals surface area (Å²) in [6.45, 7) is 5.73. The Hall–Kier alpha value is -3.08. The van der Waals surface area contributed by atoms with Crippen LogP contribution in [0.5, 0.6) is 11.5 Å². The third kappa shape index (κ3) is 3.47. The standard InChI is InChI=1S/C21H22N2O3/c1-14(2)26-20-16(9-8-12-19(20)25-4)13-18-15(3)22-23(21(18)24)17-10-6-5-7-11-17/h5-14H,1-4H3/b18-13+. The zero-order chi connectivity index (χ0) is 18.7. The first-order valence-corrected chi connectivity index (χ1v) is 8.51. The molecule has 0 spiro atoms. The van der Waals surface area contributed by atoms with Gasteiger partial charge in [-0.3, -0.25) is 4.79 Å². The largest absolute Gasteiger partial charge is 0.493 e. The smallest absolute Gasteiger partial charge is 0.280 e. The summed E-state index contributed by atoms with van der Waals surface area (Å²) >= 11 is 0. The van der Waals surface area contributed by atoms with Gasteiger partial charge in [0.2, 0.25) is 0 Å². The van der Waals surface area contributed by atoms with E-state index < -0.39 is 0 Å². The van der Waals surface area contributed by atoms with Gasteiger partial charge >= 0.3 is 0 Å². The van der Waals surface area contributed by atoms with Crippen molar-refractivity contribution in [1.82, 2.24) is 0 Å². The van der Waals surface area contributed by atoms with Crippen molar-refractivity contribution in [1.29, 1.82) is 0 Å². The van der Waals surface area contributed by atoms with Gasteiger partial charge in [-0.25, -0.2) is 0 Å². The lowest BCUT2D eigenvalue weighted by Gasteiger charge is -2.16. The molecule has 0 aromatic heterocycles. The lowest BCUT2D eigenvalue weighted by atomic mass is 10.1. The molecule has 0 aliphatic carbocycles. The van der Waals surface area contributed by atoms with E-state index >= 15 is 0 Å². The van der Waals surface area contributed by atoms with Gasteiger partial charge in [0.05, 0.1) is 30.2 Å². The second-order valence-electron chi connectivity index (χ2n) is 6.24. The van der Waals surface area contributed by atoms with Crippen LogP contribution in [0, 0.1) is 0 Å². The highest BCUT2D eigenvalue weighted by Gasteiger charge is 2.29. The number of nitrogens with zero attached hydrogens (tertiary/aromatic N) is 2. The third-order valence-corrected chi connectivity index (χ3v) is 3.95. The Balaban J connectivity index is 2.01. The second kappa shape index (κ2) is 7.44. The third-order valence-electron chi connectivity index (χ3n) is 3.95. The van der Waals surface area contributed by atoms with E-state index in [1.54, 1.807) is 7.11 Å². The van der Waals surface area contributed by atoms with E-state index in [0.717, 1.165) is 11.3 Å². The minimum absolute atomic E-state index is 0.0155. The second-order valence-corrected chi connectivity index (χ2v) is 6.24. The summed E-state index contributed by atoms with van der Waals surface area (Å²) in [5, 5.41) is 5.83. The fourth-order valence-corrected chi connectivity index (χ4v) is 2.75. The van der Waals surface area contributed by atoms with Crippen molar-refractivity contribution in [2.45, 2.75) is 26.9 Å². The number of hydrogen-bond acceptors (Lipinski definition) is 4. The number of carbonyl (C=O) groups is 1. The molecule has 2 aromatic carbocycles. The molecular formula is C21H22N2O3. The highest BCUT2D eigenvalue weighted by molar-refractivity contribution is 6.32. The van der Waals surface area contributed by atoms with Crippen molar-refractivity contribution >= 4 is 23.4 Å². The predicted molar refractivity (Wildman–Crippen MR) is 104 cm³/mol. The number of hydrazone groups is 1. The maximum absolute atomic E-state index is 12.9. The Morgan fingerprint density at radius 3 is 2.46 bits per heavy atom. The number of methoxy groups -OCH3 is 1. The fourth-order valence-electron chi connectivity index (χ4n) is 2.75. The van der Waals surface area contributed by atoms with Crippen molar-refractivity contribution in [3.05, 3.63) is 59.7 Å².